The summed E-state index contributed by atoms with van der Waals surface area (Å²) < 4.78 is 5.20. The first-order valence-corrected chi connectivity index (χ1v) is 6.16. The molecule has 7 heteroatoms. The lowest BCUT2D eigenvalue weighted by molar-refractivity contribution is -0.385. The molecular weight excluding hydrogens is 272 g/mol. The zero-order valence-corrected chi connectivity index (χ0v) is 11.1. The van der Waals surface area contributed by atoms with Gasteiger partial charge < -0.3 is 4.52 Å². The van der Waals surface area contributed by atoms with E-state index in [9.17, 15) is 10.1 Å². The van der Waals surface area contributed by atoms with Gasteiger partial charge in [0.15, 0.2) is 0 Å². The van der Waals surface area contributed by atoms with Crippen LogP contribution in [0.15, 0.2) is 47.1 Å². The fourth-order valence-electron chi connectivity index (χ4n) is 1.98. The SMILES string of the molecule is Cc1c(-c2nc(-c3ccccn3)no2)cccc1[N+](=O)[O-]. The smallest absolute Gasteiger partial charge is 0.273 e. The normalized spacial score (nSPS) is 10.5. The Balaban J connectivity index is 2.05. The van der Waals surface area contributed by atoms with E-state index in [4.69, 9.17) is 4.52 Å². The lowest BCUT2D eigenvalue weighted by Crippen LogP contribution is -1.93. The van der Waals surface area contributed by atoms with E-state index in [-0.39, 0.29) is 11.6 Å². The fraction of sp³-hybridized carbons (Fsp3) is 0.0714. The third kappa shape index (κ3) is 2.36. The molecule has 0 bridgehead atoms. The number of nitro benzene ring substituents is 1. The van der Waals surface area contributed by atoms with Gasteiger partial charge in [0, 0.05) is 23.4 Å². The minimum Gasteiger partial charge on any atom is -0.334 e. The van der Waals surface area contributed by atoms with Crippen LogP contribution in [0.5, 0.6) is 0 Å². The number of hydrogen-bond acceptors (Lipinski definition) is 6. The summed E-state index contributed by atoms with van der Waals surface area (Å²) in [6.07, 6.45) is 1.63. The van der Waals surface area contributed by atoms with Crippen LogP contribution in [-0.4, -0.2) is 20.0 Å². The Labute approximate surface area is 119 Å². The van der Waals surface area contributed by atoms with Gasteiger partial charge in [0.05, 0.1) is 4.92 Å². The number of aromatic nitrogens is 3. The third-order valence-electron chi connectivity index (χ3n) is 3.05. The molecule has 0 atom stereocenters. The van der Waals surface area contributed by atoms with E-state index in [1.54, 1.807) is 37.4 Å². The summed E-state index contributed by atoms with van der Waals surface area (Å²) in [5.41, 5.74) is 1.62. The fourth-order valence-corrected chi connectivity index (χ4v) is 1.98. The molecule has 1 aromatic carbocycles. The summed E-state index contributed by atoms with van der Waals surface area (Å²) in [6, 6.07) is 10.1. The van der Waals surface area contributed by atoms with Crippen molar-refractivity contribution in [3.05, 3.63) is 58.3 Å². The highest BCUT2D eigenvalue weighted by molar-refractivity contribution is 5.65. The largest absolute Gasteiger partial charge is 0.334 e. The average molecular weight is 282 g/mol. The molecule has 0 saturated heterocycles. The molecule has 0 amide bonds. The van der Waals surface area contributed by atoms with Gasteiger partial charge >= 0.3 is 0 Å². The predicted molar refractivity (Wildman–Crippen MR) is 74.4 cm³/mol. The lowest BCUT2D eigenvalue weighted by Gasteiger charge is -2.00. The molecule has 104 valence electrons. The summed E-state index contributed by atoms with van der Waals surface area (Å²) in [7, 11) is 0. The number of pyridine rings is 1. The second-order valence-electron chi connectivity index (χ2n) is 4.34. The number of benzene rings is 1. The molecule has 0 aliphatic heterocycles. The van der Waals surface area contributed by atoms with Crippen molar-refractivity contribution in [2.75, 3.05) is 0 Å². The van der Waals surface area contributed by atoms with Gasteiger partial charge in [-0.1, -0.05) is 17.3 Å². The van der Waals surface area contributed by atoms with Crippen molar-refractivity contribution >= 4 is 5.69 Å². The van der Waals surface area contributed by atoms with Crippen LogP contribution in [0.3, 0.4) is 0 Å². The van der Waals surface area contributed by atoms with Gasteiger partial charge in [0.1, 0.15) is 5.69 Å². The summed E-state index contributed by atoms with van der Waals surface area (Å²) in [5, 5.41) is 14.8. The zero-order valence-electron chi connectivity index (χ0n) is 11.1. The molecule has 0 N–H and O–H groups in total. The molecular formula is C14H10N4O3. The Morgan fingerprint density at radius 2 is 2.05 bits per heavy atom. The van der Waals surface area contributed by atoms with Crippen molar-refractivity contribution in [2.45, 2.75) is 6.92 Å². The Hall–Kier alpha value is -3.09. The molecule has 0 radical (unpaired) electrons. The minimum absolute atomic E-state index is 0.0186. The van der Waals surface area contributed by atoms with Crippen LogP contribution in [0.4, 0.5) is 5.69 Å². The van der Waals surface area contributed by atoms with Gasteiger partial charge in [-0.05, 0) is 25.1 Å². The maximum Gasteiger partial charge on any atom is 0.273 e. The van der Waals surface area contributed by atoms with Gasteiger partial charge in [-0.15, -0.1) is 0 Å². The Bertz CT molecular complexity index is 799. The van der Waals surface area contributed by atoms with Crippen LogP contribution in [0.25, 0.3) is 23.0 Å². The first-order valence-electron chi connectivity index (χ1n) is 6.16. The molecule has 3 rings (SSSR count). The second kappa shape index (κ2) is 5.12. The molecule has 0 spiro atoms. The van der Waals surface area contributed by atoms with Crippen LogP contribution >= 0.6 is 0 Å². The average Bonchev–Trinajstić information content (AvgIpc) is 2.98. The molecule has 2 aromatic heterocycles. The number of rotatable bonds is 3. The first-order chi connectivity index (χ1) is 10.2. The standard InChI is InChI=1S/C14H10N4O3/c1-9-10(5-4-7-12(9)18(19)20)14-16-13(17-21-14)11-6-2-3-8-15-11/h2-8H,1H3. The number of hydrogen-bond donors (Lipinski definition) is 0. The summed E-state index contributed by atoms with van der Waals surface area (Å²) >= 11 is 0. The van der Waals surface area contributed by atoms with Crippen LogP contribution in [0.1, 0.15) is 5.56 Å². The monoisotopic (exact) mass is 282 g/mol. The Morgan fingerprint density at radius 1 is 1.19 bits per heavy atom. The molecule has 0 aliphatic carbocycles. The van der Waals surface area contributed by atoms with Crippen LogP contribution in [0, 0.1) is 17.0 Å². The van der Waals surface area contributed by atoms with Gasteiger partial charge in [-0.25, -0.2) is 0 Å². The van der Waals surface area contributed by atoms with Crippen LogP contribution in [0.2, 0.25) is 0 Å². The van der Waals surface area contributed by atoms with Crippen molar-refractivity contribution < 1.29 is 9.45 Å². The van der Waals surface area contributed by atoms with E-state index >= 15 is 0 Å². The molecule has 2 heterocycles. The van der Waals surface area contributed by atoms with E-state index in [1.165, 1.54) is 6.07 Å². The molecule has 0 saturated carbocycles. The van der Waals surface area contributed by atoms with E-state index in [0.29, 0.717) is 22.6 Å². The quantitative estimate of drug-likeness (QED) is 0.541. The van der Waals surface area contributed by atoms with Gasteiger partial charge in [0.2, 0.25) is 5.82 Å². The summed E-state index contributed by atoms with van der Waals surface area (Å²) in [6.45, 7) is 1.65. The maximum absolute atomic E-state index is 11.0. The molecule has 0 fully saturated rings. The van der Waals surface area contributed by atoms with Gasteiger partial charge in [0.25, 0.3) is 11.6 Å². The molecule has 0 aliphatic rings. The first kappa shape index (κ1) is 12.9. The highest BCUT2D eigenvalue weighted by Gasteiger charge is 2.19. The predicted octanol–water partition coefficient (Wildman–Crippen LogP) is 3.02. The lowest BCUT2D eigenvalue weighted by atomic mass is 10.1. The number of nitrogens with zero attached hydrogens (tertiary/aromatic N) is 4. The second-order valence-corrected chi connectivity index (χ2v) is 4.34. The third-order valence-corrected chi connectivity index (χ3v) is 3.05. The van der Waals surface area contributed by atoms with Gasteiger partial charge in [-0.2, -0.15) is 4.98 Å². The van der Waals surface area contributed by atoms with Crippen LogP contribution < -0.4 is 0 Å². The van der Waals surface area contributed by atoms with E-state index < -0.39 is 4.92 Å². The summed E-state index contributed by atoms with van der Waals surface area (Å²) in [5.74, 6) is 0.577. The highest BCUT2D eigenvalue weighted by atomic mass is 16.6. The van der Waals surface area contributed by atoms with Gasteiger partial charge in [-0.3, -0.25) is 15.1 Å². The minimum atomic E-state index is -0.436. The molecule has 21 heavy (non-hydrogen) atoms. The molecule has 7 nitrogen and oxygen atoms in total. The highest BCUT2D eigenvalue weighted by Crippen LogP contribution is 2.29. The van der Waals surface area contributed by atoms with Crippen molar-refractivity contribution in [1.82, 2.24) is 15.1 Å². The Morgan fingerprint density at radius 3 is 2.76 bits per heavy atom. The van der Waals surface area contributed by atoms with Crippen molar-refractivity contribution in [3.8, 4) is 23.0 Å². The topological polar surface area (TPSA) is 95.0 Å². The van der Waals surface area contributed by atoms with E-state index in [2.05, 4.69) is 15.1 Å². The molecule has 0 unspecified atom stereocenters. The van der Waals surface area contributed by atoms with E-state index in [0.717, 1.165) is 0 Å². The van der Waals surface area contributed by atoms with Crippen molar-refractivity contribution in [1.29, 1.82) is 0 Å². The zero-order chi connectivity index (χ0) is 14.8. The van der Waals surface area contributed by atoms with Crippen LogP contribution in [-0.2, 0) is 0 Å². The van der Waals surface area contributed by atoms with Crippen molar-refractivity contribution in [3.63, 3.8) is 0 Å². The van der Waals surface area contributed by atoms with E-state index in [1.807, 2.05) is 6.07 Å². The number of nitro groups is 1. The van der Waals surface area contributed by atoms with Crippen molar-refractivity contribution in [2.24, 2.45) is 0 Å². The molecule has 3 aromatic rings. The maximum atomic E-state index is 11.0. The Kier molecular flexibility index (Phi) is 3.15. The summed E-state index contributed by atoms with van der Waals surface area (Å²) in [4.78, 5) is 18.9.